The Morgan fingerprint density at radius 2 is 2.09 bits per heavy atom. The van der Waals surface area contributed by atoms with Crippen molar-refractivity contribution in [3.63, 3.8) is 0 Å². The van der Waals surface area contributed by atoms with Gasteiger partial charge < -0.3 is 4.57 Å². The molecule has 1 atom stereocenters. The topological polar surface area (TPSA) is 30.7 Å². The van der Waals surface area contributed by atoms with Gasteiger partial charge in [-0.25, -0.2) is 13.8 Å². The highest BCUT2D eigenvalue weighted by Crippen LogP contribution is 2.44. The molecule has 0 spiro atoms. The van der Waals surface area contributed by atoms with Gasteiger partial charge in [0.1, 0.15) is 11.5 Å². The highest BCUT2D eigenvalue weighted by molar-refractivity contribution is 5.67. The van der Waals surface area contributed by atoms with E-state index in [2.05, 4.69) is 9.97 Å². The second kappa shape index (κ2) is 5.14. The van der Waals surface area contributed by atoms with Crippen LogP contribution in [0.25, 0.3) is 11.3 Å². The average Bonchev–Trinajstić information content (AvgIpc) is 3.07. The van der Waals surface area contributed by atoms with Crippen LogP contribution in [0.15, 0.2) is 24.8 Å². The molecule has 2 aromatic rings. The Labute approximate surface area is 128 Å². The lowest BCUT2D eigenvalue weighted by Gasteiger charge is -2.30. The third kappa shape index (κ3) is 2.14. The van der Waals surface area contributed by atoms with Crippen molar-refractivity contribution in [1.29, 1.82) is 0 Å². The van der Waals surface area contributed by atoms with Gasteiger partial charge in [0.2, 0.25) is 0 Å². The minimum Gasteiger partial charge on any atom is -0.321 e. The number of pyridine rings is 1. The Hall–Kier alpha value is -1.78. The number of halogens is 2. The van der Waals surface area contributed by atoms with Crippen molar-refractivity contribution in [3.05, 3.63) is 36.3 Å². The van der Waals surface area contributed by atoms with E-state index in [1.807, 2.05) is 4.57 Å². The standard InChI is InChI=1S/C17H19F2N3/c18-12-5-9-21-16-13(22-11-20-10-14(22)15(12)16)4-8-17(19)6-2-1-3-7-17/h5,9-11,13H,1-4,6-8H2. The summed E-state index contributed by atoms with van der Waals surface area (Å²) in [4.78, 5) is 8.48. The van der Waals surface area contributed by atoms with Crippen LogP contribution in [0, 0.1) is 5.82 Å². The van der Waals surface area contributed by atoms with Crippen LogP contribution in [0.3, 0.4) is 0 Å². The van der Waals surface area contributed by atoms with Crippen molar-refractivity contribution in [3.8, 4) is 11.3 Å². The van der Waals surface area contributed by atoms with Crippen molar-refractivity contribution < 1.29 is 8.78 Å². The number of rotatable bonds is 3. The number of alkyl halides is 1. The highest BCUT2D eigenvalue weighted by Gasteiger charge is 2.36. The van der Waals surface area contributed by atoms with Gasteiger partial charge in [-0.1, -0.05) is 19.3 Å². The van der Waals surface area contributed by atoms with Gasteiger partial charge in [0.25, 0.3) is 0 Å². The number of imidazole rings is 1. The zero-order valence-corrected chi connectivity index (χ0v) is 12.4. The molecule has 0 saturated heterocycles. The Kier molecular flexibility index (Phi) is 3.24. The smallest absolute Gasteiger partial charge is 0.136 e. The number of hydrogen-bond donors (Lipinski definition) is 0. The lowest BCUT2D eigenvalue weighted by Crippen LogP contribution is -2.27. The molecule has 1 aliphatic carbocycles. The first-order valence-electron chi connectivity index (χ1n) is 8.03. The van der Waals surface area contributed by atoms with Crippen LogP contribution in [-0.4, -0.2) is 20.2 Å². The fourth-order valence-corrected chi connectivity index (χ4v) is 3.94. The maximum Gasteiger partial charge on any atom is 0.136 e. The second-order valence-corrected chi connectivity index (χ2v) is 6.51. The first kappa shape index (κ1) is 13.9. The number of aromatic nitrogens is 3. The summed E-state index contributed by atoms with van der Waals surface area (Å²) in [6.45, 7) is 0. The summed E-state index contributed by atoms with van der Waals surface area (Å²) < 4.78 is 30.9. The van der Waals surface area contributed by atoms with Crippen molar-refractivity contribution in [1.82, 2.24) is 14.5 Å². The second-order valence-electron chi connectivity index (χ2n) is 6.51. The molecule has 2 aliphatic rings. The summed E-state index contributed by atoms with van der Waals surface area (Å²) >= 11 is 0. The first-order valence-corrected chi connectivity index (χ1v) is 8.03. The minimum absolute atomic E-state index is 0.0993. The fourth-order valence-electron chi connectivity index (χ4n) is 3.94. The Morgan fingerprint density at radius 1 is 1.27 bits per heavy atom. The lowest BCUT2D eigenvalue weighted by molar-refractivity contribution is 0.0901. The molecule has 0 bridgehead atoms. The molecule has 3 nitrogen and oxygen atoms in total. The van der Waals surface area contributed by atoms with Gasteiger partial charge in [-0.15, -0.1) is 0 Å². The van der Waals surface area contributed by atoms with Crippen molar-refractivity contribution >= 4 is 0 Å². The van der Waals surface area contributed by atoms with Crippen LogP contribution in [0.1, 0.15) is 56.7 Å². The van der Waals surface area contributed by atoms with E-state index in [4.69, 9.17) is 0 Å². The first-order chi connectivity index (χ1) is 10.7. The maximum atomic E-state index is 14.9. The van der Waals surface area contributed by atoms with Crippen LogP contribution in [0.4, 0.5) is 8.78 Å². The third-order valence-corrected chi connectivity index (χ3v) is 5.12. The van der Waals surface area contributed by atoms with Gasteiger partial charge in [-0.3, -0.25) is 4.98 Å². The summed E-state index contributed by atoms with van der Waals surface area (Å²) in [6.07, 6.45) is 10.4. The number of hydrogen-bond acceptors (Lipinski definition) is 2. The molecule has 22 heavy (non-hydrogen) atoms. The SMILES string of the molecule is Fc1ccnc2c1-c1cncn1C2CCC1(F)CCCCC1. The molecular formula is C17H19F2N3. The molecule has 1 unspecified atom stereocenters. The summed E-state index contributed by atoms with van der Waals surface area (Å²) in [6, 6.07) is 1.27. The molecule has 0 N–H and O–H groups in total. The van der Waals surface area contributed by atoms with E-state index in [9.17, 15) is 8.78 Å². The molecule has 5 heteroatoms. The summed E-state index contributed by atoms with van der Waals surface area (Å²) in [7, 11) is 0. The van der Waals surface area contributed by atoms with Crippen molar-refractivity contribution in [2.24, 2.45) is 0 Å². The lowest BCUT2D eigenvalue weighted by atomic mass is 9.82. The van der Waals surface area contributed by atoms with E-state index < -0.39 is 5.67 Å². The van der Waals surface area contributed by atoms with Gasteiger partial charge in [-0.2, -0.15) is 0 Å². The molecule has 0 radical (unpaired) electrons. The quantitative estimate of drug-likeness (QED) is 0.839. The van der Waals surface area contributed by atoms with E-state index in [1.165, 1.54) is 12.3 Å². The predicted molar refractivity (Wildman–Crippen MR) is 79.7 cm³/mol. The van der Waals surface area contributed by atoms with E-state index >= 15 is 0 Å². The predicted octanol–water partition coefficient (Wildman–Crippen LogP) is 4.44. The van der Waals surface area contributed by atoms with Crippen LogP contribution in [-0.2, 0) is 0 Å². The Balaban J connectivity index is 1.62. The van der Waals surface area contributed by atoms with Crippen molar-refractivity contribution in [2.45, 2.75) is 56.7 Å². The number of nitrogens with zero attached hydrogens (tertiary/aromatic N) is 3. The summed E-state index contributed by atoms with van der Waals surface area (Å²) in [5, 5.41) is 0. The van der Waals surface area contributed by atoms with Crippen LogP contribution >= 0.6 is 0 Å². The molecular weight excluding hydrogens is 284 g/mol. The zero-order valence-electron chi connectivity index (χ0n) is 12.4. The Bertz CT molecular complexity index is 689. The van der Waals surface area contributed by atoms with Crippen LogP contribution < -0.4 is 0 Å². The molecule has 1 aliphatic heterocycles. The normalized spacial score (nSPS) is 22.4. The largest absolute Gasteiger partial charge is 0.321 e. The van der Waals surface area contributed by atoms with E-state index in [0.29, 0.717) is 31.2 Å². The molecule has 0 aromatic carbocycles. The number of fused-ring (bicyclic) bond motifs is 3. The monoisotopic (exact) mass is 303 g/mol. The zero-order chi connectivity index (χ0) is 15.2. The maximum absolute atomic E-state index is 14.9. The molecule has 0 amide bonds. The summed E-state index contributed by atoms with van der Waals surface area (Å²) in [5.74, 6) is -0.276. The molecule has 2 aromatic heterocycles. The van der Waals surface area contributed by atoms with Gasteiger partial charge in [-0.05, 0) is 31.7 Å². The van der Waals surface area contributed by atoms with E-state index in [0.717, 1.165) is 30.7 Å². The molecule has 116 valence electrons. The molecule has 4 rings (SSSR count). The molecule has 3 heterocycles. The average molecular weight is 303 g/mol. The van der Waals surface area contributed by atoms with Gasteiger partial charge in [0.15, 0.2) is 0 Å². The molecule has 1 fully saturated rings. The van der Waals surface area contributed by atoms with Crippen LogP contribution in [0.2, 0.25) is 0 Å². The molecule has 1 saturated carbocycles. The van der Waals surface area contributed by atoms with E-state index in [1.54, 1.807) is 12.5 Å². The Morgan fingerprint density at radius 3 is 2.91 bits per heavy atom. The highest BCUT2D eigenvalue weighted by atomic mass is 19.1. The minimum atomic E-state index is -1.06. The van der Waals surface area contributed by atoms with Gasteiger partial charge in [0.05, 0.1) is 35.5 Å². The van der Waals surface area contributed by atoms with Gasteiger partial charge in [0, 0.05) is 6.20 Å². The van der Waals surface area contributed by atoms with Crippen LogP contribution in [0.5, 0.6) is 0 Å². The fraction of sp³-hybridized carbons (Fsp3) is 0.529. The third-order valence-electron chi connectivity index (χ3n) is 5.12. The summed E-state index contributed by atoms with van der Waals surface area (Å²) in [5.41, 5.74) is 0.940. The van der Waals surface area contributed by atoms with Gasteiger partial charge >= 0.3 is 0 Å². The van der Waals surface area contributed by atoms with E-state index in [-0.39, 0.29) is 11.9 Å². The van der Waals surface area contributed by atoms with Crippen molar-refractivity contribution in [2.75, 3.05) is 0 Å².